The topological polar surface area (TPSA) is 55.8 Å². The van der Waals surface area contributed by atoms with Crippen molar-refractivity contribution >= 4 is 17.6 Å². The molecule has 0 aromatic heterocycles. The van der Waals surface area contributed by atoms with E-state index >= 15 is 0 Å². The van der Waals surface area contributed by atoms with Crippen LogP contribution in [0.1, 0.15) is 18.9 Å². The van der Waals surface area contributed by atoms with Gasteiger partial charge in [-0.05, 0) is 42.3 Å². The average Bonchev–Trinajstić information content (AvgIpc) is 2.54. The number of hydrogen-bond donors (Lipinski definition) is 1. The Morgan fingerprint density at radius 3 is 2.61 bits per heavy atom. The Kier molecular flexibility index (Phi) is 6.44. The summed E-state index contributed by atoms with van der Waals surface area (Å²) in [7, 11) is 0. The third-order valence-electron chi connectivity index (χ3n) is 3.20. The van der Waals surface area contributed by atoms with E-state index in [9.17, 15) is 9.90 Å². The molecule has 0 saturated heterocycles. The Morgan fingerprint density at radius 1 is 1.22 bits per heavy atom. The van der Waals surface area contributed by atoms with Gasteiger partial charge in [0.15, 0.2) is 6.10 Å². The van der Waals surface area contributed by atoms with E-state index in [4.69, 9.17) is 21.1 Å². The third-order valence-corrected chi connectivity index (χ3v) is 3.43. The minimum absolute atomic E-state index is 0.193. The van der Waals surface area contributed by atoms with Gasteiger partial charge in [-0.1, -0.05) is 36.7 Å². The molecule has 122 valence electrons. The van der Waals surface area contributed by atoms with Crippen molar-refractivity contribution < 1.29 is 19.4 Å². The summed E-state index contributed by atoms with van der Waals surface area (Å²) in [4.78, 5) is 11.4. The lowest BCUT2D eigenvalue weighted by molar-refractivity contribution is -0.150. The summed E-state index contributed by atoms with van der Waals surface area (Å²) < 4.78 is 11.2. The maximum atomic E-state index is 11.4. The van der Waals surface area contributed by atoms with Crippen molar-refractivity contribution in [1.29, 1.82) is 0 Å². The van der Waals surface area contributed by atoms with E-state index in [1.54, 1.807) is 18.2 Å². The Hall–Kier alpha value is -2.04. The van der Waals surface area contributed by atoms with E-state index in [-0.39, 0.29) is 6.42 Å². The maximum absolute atomic E-state index is 11.4. The Bertz CT molecular complexity index is 643. The number of halogens is 1. The van der Waals surface area contributed by atoms with Crippen LogP contribution in [0.25, 0.3) is 0 Å². The summed E-state index contributed by atoms with van der Waals surface area (Å²) in [6.07, 6.45) is 0.0247. The molecule has 23 heavy (non-hydrogen) atoms. The average molecular weight is 335 g/mol. The molecule has 2 rings (SSSR count). The normalized spacial score (nSPS) is 11.9. The lowest BCUT2D eigenvalue weighted by Gasteiger charge is -2.16. The van der Waals surface area contributed by atoms with E-state index in [2.05, 4.69) is 0 Å². The number of hydrogen-bond acceptors (Lipinski definition) is 3. The third kappa shape index (κ3) is 5.27. The number of benzene rings is 2. The van der Waals surface area contributed by atoms with Gasteiger partial charge < -0.3 is 14.6 Å². The van der Waals surface area contributed by atoms with Crippen LogP contribution < -0.4 is 4.74 Å². The number of rotatable bonds is 8. The smallest absolute Gasteiger partial charge is 0.333 e. The number of para-hydroxylation sites is 1. The zero-order valence-electron chi connectivity index (χ0n) is 12.9. The summed E-state index contributed by atoms with van der Waals surface area (Å²) >= 11 is 6.04. The molecule has 0 aliphatic rings. The van der Waals surface area contributed by atoms with Crippen molar-refractivity contribution in [3.8, 4) is 11.5 Å². The van der Waals surface area contributed by atoms with Gasteiger partial charge in [-0.15, -0.1) is 0 Å². The second-order valence-corrected chi connectivity index (χ2v) is 5.51. The van der Waals surface area contributed by atoms with E-state index in [1.165, 1.54) is 0 Å². The number of carboxylic acid groups (broad SMARTS) is 1. The standard InChI is InChI=1S/C18H19ClO4/c1-2-10-22-17(18(20)21)12-13-11-14(19)8-9-16(13)23-15-6-4-3-5-7-15/h3-9,11,17H,2,10,12H2,1H3,(H,20,21). The predicted octanol–water partition coefficient (Wildman–Crippen LogP) is 4.55. The zero-order valence-corrected chi connectivity index (χ0v) is 13.6. The number of carbonyl (C=O) groups is 1. The van der Waals surface area contributed by atoms with Crippen LogP contribution in [0, 0.1) is 0 Å². The first-order valence-electron chi connectivity index (χ1n) is 7.46. The molecule has 0 saturated carbocycles. The molecular weight excluding hydrogens is 316 g/mol. The Labute approximate surface area is 140 Å². The Morgan fingerprint density at radius 2 is 1.96 bits per heavy atom. The minimum atomic E-state index is -0.996. The van der Waals surface area contributed by atoms with Gasteiger partial charge in [0.2, 0.25) is 0 Å². The largest absolute Gasteiger partial charge is 0.479 e. The van der Waals surface area contributed by atoms with Gasteiger partial charge in [0.05, 0.1) is 0 Å². The first-order valence-corrected chi connectivity index (χ1v) is 7.83. The van der Waals surface area contributed by atoms with Crippen LogP contribution in [-0.4, -0.2) is 23.8 Å². The fourth-order valence-electron chi connectivity index (χ4n) is 2.10. The highest BCUT2D eigenvalue weighted by molar-refractivity contribution is 6.30. The molecule has 5 heteroatoms. The van der Waals surface area contributed by atoms with Gasteiger partial charge in [-0.2, -0.15) is 0 Å². The lowest BCUT2D eigenvalue weighted by atomic mass is 10.1. The van der Waals surface area contributed by atoms with Crippen molar-refractivity contribution in [2.45, 2.75) is 25.9 Å². The SMILES string of the molecule is CCCOC(Cc1cc(Cl)ccc1Oc1ccccc1)C(=O)O. The summed E-state index contributed by atoms with van der Waals surface area (Å²) in [5.74, 6) is 0.258. The van der Waals surface area contributed by atoms with E-state index in [0.29, 0.717) is 28.7 Å². The minimum Gasteiger partial charge on any atom is -0.479 e. The molecule has 0 aliphatic carbocycles. The molecule has 1 unspecified atom stereocenters. The highest BCUT2D eigenvalue weighted by Gasteiger charge is 2.21. The molecule has 0 heterocycles. The molecule has 2 aromatic rings. The van der Waals surface area contributed by atoms with Crippen LogP contribution in [0.4, 0.5) is 0 Å². The fourth-order valence-corrected chi connectivity index (χ4v) is 2.29. The molecule has 4 nitrogen and oxygen atoms in total. The van der Waals surface area contributed by atoms with E-state index in [1.807, 2.05) is 37.3 Å². The van der Waals surface area contributed by atoms with Gasteiger partial charge in [0.1, 0.15) is 11.5 Å². The van der Waals surface area contributed by atoms with Crippen molar-refractivity contribution in [3.63, 3.8) is 0 Å². The maximum Gasteiger partial charge on any atom is 0.333 e. The first kappa shape index (κ1) is 17.3. The van der Waals surface area contributed by atoms with E-state index in [0.717, 1.165) is 6.42 Å². The van der Waals surface area contributed by atoms with Crippen LogP contribution in [0.2, 0.25) is 5.02 Å². The molecule has 0 bridgehead atoms. The number of aliphatic carboxylic acids is 1. The second kappa shape index (κ2) is 8.56. The van der Waals surface area contributed by atoms with Gasteiger partial charge in [-0.25, -0.2) is 4.79 Å². The van der Waals surface area contributed by atoms with Gasteiger partial charge in [0, 0.05) is 18.1 Å². The molecular formula is C18H19ClO4. The zero-order chi connectivity index (χ0) is 16.7. The highest BCUT2D eigenvalue weighted by Crippen LogP contribution is 2.29. The van der Waals surface area contributed by atoms with Crippen LogP contribution >= 0.6 is 11.6 Å². The van der Waals surface area contributed by atoms with Gasteiger partial charge in [-0.3, -0.25) is 0 Å². The van der Waals surface area contributed by atoms with Crippen molar-refractivity contribution in [1.82, 2.24) is 0 Å². The Balaban J connectivity index is 2.22. The lowest BCUT2D eigenvalue weighted by Crippen LogP contribution is -2.27. The highest BCUT2D eigenvalue weighted by atomic mass is 35.5. The van der Waals surface area contributed by atoms with Crippen molar-refractivity contribution in [2.24, 2.45) is 0 Å². The molecule has 0 spiro atoms. The number of ether oxygens (including phenoxy) is 2. The summed E-state index contributed by atoms with van der Waals surface area (Å²) in [5, 5.41) is 9.84. The summed E-state index contributed by atoms with van der Waals surface area (Å²) in [6.45, 7) is 2.33. The fraction of sp³-hybridized carbons (Fsp3) is 0.278. The molecule has 0 radical (unpaired) electrons. The molecule has 1 atom stereocenters. The summed E-state index contributed by atoms with van der Waals surface area (Å²) in [6, 6.07) is 14.5. The molecule has 0 fully saturated rings. The van der Waals surface area contributed by atoms with Gasteiger partial charge in [0.25, 0.3) is 0 Å². The number of carboxylic acids is 1. The molecule has 1 N–H and O–H groups in total. The molecule has 0 amide bonds. The van der Waals surface area contributed by atoms with Crippen LogP contribution in [0.15, 0.2) is 48.5 Å². The second-order valence-electron chi connectivity index (χ2n) is 5.07. The van der Waals surface area contributed by atoms with Crippen LogP contribution in [0.3, 0.4) is 0 Å². The van der Waals surface area contributed by atoms with Crippen LogP contribution in [0.5, 0.6) is 11.5 Å². The van der Waals surface area contributed by atoms with Gasteiger partial charge >= 0.3 is 5.97 Å². The van der Waals surface area contributed by atoms with E-state index < -0.39 is 12.1 Å². The van der Waals surface area contributed by atoms with Crippen LogP contribution in [-0.2, 0) is 16.0 Å². The summed E-state index contributed by atoms with van der Waals surface area (Å²) in [5.41, 5.74) is 0.699. The first-order chi connectivity index (χ1) is 11.1. The predicted molar refractivity (Wildman–Crippen MR) is 89.3 cm³/mol. The van der Waals surface area contributed by atoms with Crippen molar-refractivity contribution in [2.75, 3.05) is 6.61 Å². The molecule has 0 aliphatic heterocycles. The molecule has 2 aromatic carbocycles. The van der Waals surface area contributed by atoms with Crippen molar-refractivity contribution in [3.05, 3.63) is 59.1 Å². The quantitative estimate of drug-likeness (QED) is 0.769. The monoisotopic (exact) mass is 334 g/mol.